The molecule has 25 nitrogen and oxygen atoms in total. The monoisotopic (exact) mass is 954 g/mol. The van der Waals surface area contributed by atoms with Gasteiger partial charge in [0, 0.05) is 76.3 Å². The van der Waals surface area contributed by atoms with E-state index in [9.17, 15) is 47.9 Å². The molecule has 3 fully saturated rings. The minimum atomic E-state index is -1.73. The van der Waals surface area contributed by atoms with E-state index in [1.807, 2.05) is 0 Å². The number of carbonyl (C=O) groups excluding carboxylic acids is 10. The first kappa shape index (κ1) is 54.2. The van der Waals surface area contributed by atoms with Gasteiger partial charge in [0.15, 0.2) is 61.4 Å². The van der Waals surface area contributed by atoms with Gasteiger partial charge >= 0.3 is 59.7 Å². The molecule has 0 saturated carbocycles. The second kappa shape index (κ2) is 24.9. The highest BCUT2D eigenvalue weighted by Gasteiger charge is 2.58. The molecule has 65 heavy (non-hydrogen) atoms. The largest absolute Gasteiger partial charge is 0.463 e. The van der Waals surface area contributed by atoms with Crippen LogP contribution in [0.4, 0.5) is 0 Å². The first-order valence-corrected chi connectivity index (χ1v) is 20.8. The second-order valence-corrected chi connectivity index (χ2v) is 15.8. The van der Waals surface area contributed by atoms with Crippen LogP contribution < -0.4 is 0 Å². The number of methoxy groups -OCH3 is 1. The van der Waals surface area contributed by atoms with Crippen LogP contribution in [0.5, 0.6) is 0 Å². The molecule has 3 heterocycles. The summed E-state index contributed by atoms with van der Waals surface area (Å²) in [6.07, 6.45) is -20.3. The van der Waals surface area contributed by atoms with Crippen molar-refractivity contribution in [2.24, 2.45) is 0 Å². The number of hydrogen-bond acceptors (Lipinski definition) is 26. The summed E-state index contributed by atoms with van der Waals surface area (Å²) in [7, 11) is 1.18. The predicted molar refractivity (Wildman–Crippen MR) is 208 cm³/mol. The molecule has 0 aromatic carbocycles. The molecule has 0 amide bonds. The van der Waals surface area contributed by atoms with Gasteiger partial charge in [0.1, 0.15) is 37.0 Å². The molecule has 6 unspecified atom stereocenters. The van der Waals surface area contributed by atoms with Gasteiger partial charge in [-0.15, -0.1) is 11.8 Å². The van der Waals surface area contributed by atoms with Crippen molar-refractivity contribution >= 4 is 71.5 Å². The first-order chi connectivity index (χ1) is 30.4. The van der Waals surface area contributed by atoms with E-state index >= 15 is 0 Å². The van der Waals surface area contributed by atoms with Crippen LogP contribution in [0.2, 0.25) is 0 Å². The van der Waals surface area contributed by atoms with Gasteiger partial charge in [-0.25, -0.2) is 0 Å². The first-order valence-electron chi connectivity index (χ1n) is 19.8. The van der Waals surface area contributed by atoms with Crippen molar-refractivity contribution in [1.29, 1.82) is 0 Å². The molecule has 0 N–H and O–H groups in total. The van der Waals surface area contributed by atoms with Crippen LogP contribution in [0.25, 0.3) is 0 Å². The zero-order chi connectivity index (χ0) is 48.9. The molecule has 0 aromatic rings. The molecule has 0 aliphatic carbocycles. The van der Waals surface area contributed by atoms with Gasteiger partial charge in [-0.05, 0) is 0 Å². The lowest BCUT2D eigenvalue weighted by atomic mass is 9.98. The van der Waals surface area contributed by atoms with Crippen LogP contribution in [-0.4, -0.2) is 177 Å². The molecule has 3 aliphatic heterocycles. The average molecular weight is 955 g/mol. The average Bonchev–Trinajstić information content (AvgIpc) is 3.16. The lowest BCUT2D eigenvalue weighted by Crippen LogP contribution is -2.65. The highest BCUT2D eigenvalue weighted by molar-refractivity contribution is 8.00. The molecule has 3 aliphatic rings. The molecular weight excluding hydrogens is 900 g/mol. The smallest absolute Gasteiger partial charge is 0.303 e. The molecule has 0 aromatic heterocycles. The van der Waals surface area contributed by atoms with Crippen molar-refractivity contribution < 1.29 is 119 Å². The summed E-state index contributed by atoms with van der Waals surface area (Å²) in [5.41, 5.74) is -1.58. The van der Waals surface area contributed by atoms with E-state index in [2.05, 4.69) is 0 Å². The maximum absolute atomic E-state index is 12.9. The van der Waals surface area contributed by atoms with E-state index in [0.717, 1.165) is 69.2 Å². The Kier molecular flexibility index (Phi) is 20.8. The number of esters is 10. The summed E-state index contributed by atoms with van der Waals surface area (Å²) in [4.78, 5) is 124. The van der Waals surface area contributed by atoms with Gasteiger partial charge in [-0.2, -0.15) is 0 Å². The molecule has 26 heteroatoms. The maximum Gasteiger partial charge on any atom is 0.303 e. The van der Waals surface area contributed by atoms with E-state index in [-0.39, 0.29) is 0 Å². The maximum atomic E-state index is 12.9. The Bertz CT molecular complexity index is 1750. The molecule has 3 rings (SSSR count). The van der Waals surface area contributed by atoms with Gasteiger partial charge in [-0.1, -0.05) is 0 Å². The number of rotatable bonds is 18. The molecule has 366 valence electrons. The second-order valence-electron chi connectivity index (χ2n) is 14.5. The Morgan fingerprint density at radius 1 is 0.369 bits per heavy atom. The van der Waals surface area contributed by atoms with Crippen LogP contribution in [0, 0.1) is 0 Å². The zero-order valence-corrected chi connectivity index (χ0v) is 38.2. The topological polar surface area (TPSA) is 309 Å². The number of hydrogen-bond donors (Lipinski definition) is 0. The fourth-order valence-electron chi connectivity index (χ4n) is 6.97. The van der Waals surface area contributed by atoms with Crippen molar-refractivity contribution in [1.82, 2.24) is 0 Å². The Hall–Kier alpha value is -5.15. The summed E-state index contributed by atoms with van der Waals surface area (Å²) in [6.45, 7) is 8.49. The normalized spacial score (nSPS) is 32.0. The third kappa shape index (κ3) is 16.4. The standard InChI is InChI=1S/C39H54O25S/c1-15(40)51-12-25-30(56-19(5)44)33(59-22(8)47)36(65-39-35(61-24(10)49)32(58-21(7)46)29(55-18(4)43)27(64-39)13-52-16(2)41)38(63-25)53-14-26-28(54-17(3)42)31(57-20(6)45)34(60-23(9)48)37(50-11)62-26/h25-39H,12-14H2,1-11H3/t25?,26?,27?,28-,29-,30-,31+,32+,33+,34?,35?,36?,37+,38-,39+/m1/s1. The lowest BCUT2D eigenvalue weighted by Gasteiger charge is -2.49. The van der Waals surface area contributed by atoms with Crippen molar-refractivity contribution in [3.05, 3.63) is 0 Å². The third-order valence-corrected chi connectivity index (χ3v) is 10.5. The highest BCUT2D eigenvalue weighted by Crippen LogP contribution is 2.43. The van der Waals surface area contributed by atoms with E-state index in [4.69, 9.17) is 71.1 Å². The summed E-state index contributed by atoms with van der Waals surface area (Å²) in [5, 5.41) is -1.50. The summed E-state index contributed by atoms with van der Waals surface area (Å²) < 4.78 is 85.2. The lowest BCUT2D eigenvalue weighted by molar-refractivity contribution is -0.316. The molecular formula is C39H54O25S. The van der Waals surface area contributed by atoms with Crippen LogP contribution in [-0.2, 0) is 119 Å². The van der Waals surface area contributed by atoms with Gasteiger partial charge in [0.05, 0.1) is 11.9 Å². The summed E-state index contributed by atoms with van der Waals surface area (Å²) in [6, 6.07) is 0. The highest BCUT2D eigenvalue weighted by atomic mass is 32.2. The quantitative estimate of drug-likeness (QED) is 0.124. The van der Waals surface area contributed by atoms with E-state index in [1.165, 1.54) is 7.11 Å². The summed E-state index contributed by atoms with van der Waals surface area (Å²) in [5.74, 6) is -8.85. The third-order valence-electron chi connectivity index (χ3n) is 9.04. The van der Waals surface area contributed by atoms with E-state index in [1.54, 1.807) is 0 Å². The SMILES string of the molecule is CO[C@H]1OC(CO[C@@H]2OC(COC(C)=O)[C@@H](OC(C)=O)[C@H](OC(C)=O)C2S[C@@H]2OC(COC(C)=O)[C@@H](OC(C)=O)[C@H](OC(C)=O)C2OC(C)=O)[C@@H](OC(C)=O)[C@H](OC(C)=O)C1OC(C)=O. The molecule has 0 bridgehead atoms. The summed E-state index contributed by atoms with van der Waals surface area (Å²) >= 11 is 0.640. The Morgan fingerprint density at radius 2 is 0.692 bits per heavy atom. The fourth-order valence-corrected chi connectivity index (χ4v) is 8.49. The van der Waals surface area contributed by atoms with Crippen LogP contribution in [0.3, 0.4) is 0 Å². The minimum absolute atomic E-state index is 0.612. The van der Waals surface area contributed by atoms with Crippen molar-refractivity contribution in [2.45, 2.75) is 160 Å². The van der Waals surface area contributed by atoms with Crippen LogP contribution in [0.15, 0.2) is 0 Å². The molecule has 3 saturated heterocycles. The van der Waals surface area contributed by atoms with Crippen molar-refractivity contribution in [2.75, 3.05) is 26.9 Å². The Morgan fingerprint density at radius 3 is 1.11 bits per heavy atom. The molecule has 15 atom stereocenters. The van der Waals surface area contributed by atoms with Crippen LogP contribution >= 0.6 is 11.8 Å². The van der Waals surface area contributed by atoms with Gasteiger partial charge in [0.2, 0.25) is 0 Å². The van der Waals surface area contributed by atoms with Gasteiger partial charge in [-0.3, -0.25) is 47.9 Å². The number of ether oxygens (including phenoxy) is 15. The Balaban J connectivity index is 2.27. The molecule has 0 spiro atoms. The van der Waals surface area contributed by atoms with Gasteiger partial charge in [0.25, 0.3) is 0 Å². The number of carbonyl (C=O) groups is 10. The minimum Gasteiger partial charge on any atom is -0.463 e. The van der Waals surface area contributed by atoms with E-state index in [0.29, 0.717) is 11.8 Å². The molecule has 0 radical (unpaired) electrons. The van der Waals surface area contributed by atoms with Crippen molar-refractivity contribution in [3.63, 3.8) is 0 Å². The number of thioether (sulfide) groups is 1. The van der Waals surface area contributed by atoms with E-state index < -0.39 is 170 Å². The predicted octanol–water partition coefficient (Wildman–Crippen LogP) is -0.494. The van der Waals surface area contributed by atoms with Gasteiger partial charge < -0.3 is 71.1 Å². The fraction of sp³-hybridized carbons (Fsp3) is 0.744. The Labute approximate surface area is 376 Å². The zero-order valence-electron chi connectivity index (χ0n) is 37.4. The van der Waals surface area contributed by atoms with Crippen molar-refractivity contribution in [3.8, 4) is 0 Å². The van der Waals surface area contributed by atoms with Crippen LogP contribution in [0.1, 0.15) is 69.2 Å².